The normalized spacial score (nSPS) is 17.4. The van der Waals surface area contributed by atoms with Crippen LogP contribution in [0.25, 0.3) is 6.08 Å². The second-order valence-corrected chi connectivity index (χ2v) is 10.9. The van der Waals surface area contributed by atoms with Crippen LogP contribution in [0.3, 0.4) is 0 Å². The van der Waals surface area contributed by atoms with E-state index in [0.29, 0.717) is 6.42 Å². The Kier molecular flexibility index (Phi) is 7.31. The van der Waals surface area contributed by atoms with Gasteiger partial charge in [-0.25, -0.2) is 0 Å². The van der Waals surface area contributed by atoms with Crippen LogP contribution in [0.5, 0.6) is 5.75 Å². The minimum absolute atomic E-state index is 0.242. The minimum Gasteiger partial charge on any atom is -0.507 e. The van der Waals surface area contributed by atoms with Crippen molar-refractivity contribution in [3.8, 4) is 5.75 Å². The average molecular weight is 448 g/mol. The molecule has 1 N–H and O–H groups in total. The zero-order valence-corrected chi connectivity index (χ0v) is 20.5. The highest BCUT2D eigenvalue weighted by molar-refractivity contribution is 8.18. The van der Waals surface area contributed by atoms with Crippen molar-refractivity contribution >= 4 is 35.0 Å². The molecule has 0 spiro atoms. The van der Waals surface area contributed by atoms with Gasteiger partial charge in [0.15, 0.2) is 0 Å². The van der Waals surface area contributed by atoms with Gasteiger partial charge in [0.1, 0.15) is 12.3 Å². The van der Waals surface area contributed by atoms with Crippen LogP contribution in [0, 0.1) is 0 Å². The Bertz CT molecular complexity index is 886. The number of hydrogen-bond donors (Lipinski definition) is 1. The van der Waals surface area contributed by atoms with Gasteiger partial charge in [0.05, 0.1) is 11.0 Å². The van der Waals surface area contributed by atoms with Crippen LogP contribution in [0.2, 0.25) is 0 Å². The summed E-state index contributed by atoms with van der Waals surface area (Å²) in [6.45, 7) is 15.3. The van der Waals surface area contributed by atoms with Gasteiger partial charge in [-0.1, -0.05) is 48.5 Å². The number of amides is 2. The first-order valence-electron chi connectivity index (χ1n) is 10.5. The Hall–Kier alpha value is -2.28. The van der Waals surface area contributed by atoms with Crippen molar-refractivity contribution in [3.63, 3.8) is 0 Å². The van der Waals surface area contributed by atoms with Gasteiger partial charge in [-0.3, -0.25) is 19.3 Å². The largest absolute Gasteiger partial charge is 0.507 e. The maximum absolute atomic E-state index is 12.8. The van der Waals surface area contributed by atoms with Crippen LogP contribution in [-0.2, 0) is 25.2 Å². The van der Waals surface area contributed by atoms with E-state index in [1.54, 1.807) is 13.0 Å². The summed E-state index contributed by atoms with van der Waals surface area (Å²) in [5.41, 5.74) is 1.63. The molecule has 0 radical (unpaired) electrons. The number of ether oxygens (including phenoxy) is 1. The summed E-state index contributed by atoms with van der Waals surface area (Å²) in [4.78, 5) is 38.4. The van der Waals surface area contributed by atoms with Gasteiger partial charge in [0.25, 0.3) is 11.1 Å². The van der Waals surface area contributed by atoms with Crippen LogP contribution >= 0.6 is 11.8 Å². The number of thioether (sulfide) groups is 1. The monoisotopic (exact) mass is 447 g/mol. The van der Waals surface area contributed by atoms with E-state index >= 15 is 0 Å². The molecule has 1 atom stereocenters. The second kappa shape index (κ2) is 9.07. The van der Waals surface area contributed by atoms with Gasteiger partial charge in [-0.15, -0.1) is 0 Å². The lowest BCUT2D eigenvalue weighted by molar-refractivity contribution is -0.150. The maximum atomic E-state index is 12.8. The molecule has 170 valence electrons. The molecule has 7 heteroatoms. The third-order valence-electron chi connectivity index (χ3n) is 5.11. The first kappa shape index (κ1) is 25.0. The molecule has 1 aliphatic rings. The van der Waals surface area contributed by atoms with Gasteiger partial charge < -0.3 is 9.84 Å². The first-order valence-corrected chi connectivity index (χ1v) is 11.3. The van der Waals surface area contributed by atoms with Crippen molar-refractivity contribution in [2.75, 3.05) is 6.54 Å². The third-order valence-corrected chi connectivity index (χ3v) is 6.02. The van der Waals surface area contributed by atoms with Crippen molar-refractivity contribution in [2.45, 2.75) is 78.7 Å². The molecule has 2 amide bonds. The van der Waals surface area contributed by atoms with Crippen molar-refractivity contribution in [1.29, 1.82) is 0 Å². The average Bonchev–Trinajstić information content (AvgIpc) is 2.88. The van der Waals surface area contributed by atoms with E-state index in [-0.39, 0.29) is 27.6 Å². The molecule has 6 nitrogen and oxygen atoms in total. The summed E-state index contributed by atoms with van der Waals surface area (Å²) in [6.07, 6.45) is 2.03. The van der Waals surface area contributed by atoms with Gasteiger partial charge in [-0.2, -0.15) is 0 Å². The maximum Gasteiger partial charge on any atom is 0.326 e. The topological polar surface area (TPSA) is 83.9 Å². The van der Waals surface area contributed by atoms with Crippen molar-refractivity contribution in [2.24, 2.45) is 0 Å². The van der Waals surface area contributed by atoms with Gasteiger partial charge >= 0.3 is 5.97 Å². The molecule has 2 rings (SSSR count). The quantitative estimate of drug-likeness (QED) is 0.483. The third kappa shape index (κ3) is 5.91. The van der Waals surface area contributed by atoms with Gasteiger partial charge in [0, 0.05) is 11.1 Å². The van der Waals surface area contributed by atoms with Crippen LogP contribution in [0.1, 0.15) is 78.5 Å². The molecular weight excluding hydrogens is 414 g/mol. The van der Waals surface area contributed by atoms with Gasteiger partial charge in [-0.05, 0) is 59.7 Å². The smallest absolute Gasteiger partial charge is 0.326 e. The fourth-order valence-corrected chi connectivity index (χ4v) is 3.98. The molecule has 1 saturated heterocycles. The number of benzene rings is 1. The lowest BCUT2D eigenvalue weighted by Crippen LogP contribution is -2.35. The summed E-state index contributed by atoms with van der Waals surface area (Å²) in [5.74, 6) is -0.871. The lowest BCUT2D eigenvalue weighted by atomic mass is 9.78. The number of hydrogen-bond acceptors (Lipinski definition) is 6. The lowest BCUT2D eigenvalue weighted by Gasteiger charge is -2.28. The minimum atomic E-state index is -0.604. The summed E-state index contributed by atoms with van der Waals surface area (Å²) in [7, 11) is 0. The first-order chi connectivity index (χ1) is 14.1. The molecule has 31 heavy (non-hydrogen) atoms. The molecule has 1 heterocycles. The van der Waals surface area contributed by atoms with E-state index in [9.17, 15) is 19.5 Å². The number of rotatable bonds is 5. The number of imide groups is 1. The summed E-state index contributed by atoms with van der Waals surface area (Å²) < 4.78 is 5.19. The van der Waals surface area contributed by atoms with E-state index < -0.39 is 23.7 Å². The highest BCUT2D eigenvalue weighted by Crippen LogP contribution is 2.41. The van der Waals surface area contributed by atoms with E-state index in [4.69, 9.17) is 4.74 Å². The Morgan fingerprint density at radius 1 is 1.13 bits per heavy atom. The highest BCUT2D eigenvalue weighted by atomic mass is 32.2. The molecule has 0 bridgehead atoms. The summed E-state index contributed by atoms with van der Waals surface area (Å²) in [6, 6.07) is 3.69. The van der Waals surface area contributed by atoms with Crippen molar-refractivity contribution in [3.05, 3.63) is 33.7 Å². The number of aromatic hydroxyl groups is 1. The van der Waals surface area contributed by atoms with Crippen LogP contribution in [0.15, 0.2) is 17.0 Å². The number of esters is 1. The number of carbonyl (C=O) groups excluding carboxylic acids is 3. The highest BCUT2D eigenvalue weighted by Gasteiger charge is 2.37. The molecule has 1 fully saturated rings. The van der Waals surface area contributed by atoms with Crippen molar-refractivity contribution in [1.82, 2.24) is 4.90 Å². The Balaban J connectivity index is 2.40. The number of phenolic OH excluding ortho intramolecular Hbond substituents is 1. The van der Waals surface area contributed by atoms with Crippen LogP contribution in [-0.4, -0.2) is 39.8 Å². The molecule has 0 saturated carbocycles. The number of carbonyl (C=O) groups is 3. The van der Waals surface area contributed by atoms with E-state index in [1.807, 2.05) is 60.6 Å². The SMILES string of the molecule is CC[C@H](C)OC(=O)CN1C(=O)S/C(=C\c2cc(C(C)(C)C)c(O)c(C(C)(C)C)c2)C1=O. The second-order valence-electron chi connectivity index (χ2n) is 9.94. The fourth-order valence-electron chi connectivity index (χ4n) is 3.15. The standard InChI is InChI=1S/C24H33NO5S/c1-9-14(2)30-19(26)13-25-21(28)18(31-22(25)29)12-15-10-16(23(3,4)5)20(27)17(11-15)24(6,7)8/h10-12,14,27H,9,13H2,1-8H3/b18-12-/t14-/m0/s1. The van der Waals surface area contributed by atoms with Gasteiger partial charge in [0.2, 0.25) is 0 Å². The number of phenols is 1. The van der Waals surface area contributed by atoms with Crippen molar-refractivity contribution < 1.29 is 24.2 Å². The molecule has 0 aromatic heterocycles. The fraction of sp³-hybridized carbons (Fsp3) is 0.542. The van der Waals surface area contributed by atoms with Crippen LogP contribution < -0.4 is 0 Å². The predicted octanol–water partition coefficient (Wildman–Crippen LogP) is 5.37. The molecule has 1 aromatic rings. The zero-order chi connectivity index (χ0) is 23.7. The zero-order valence-electron chi connectivity index (χ0n) is 19.7. The molecule has 1 aliphatic heterocycles. The molecular formula is C24H33NO5S. The van der Waals surface area contributed by atoms with Crippen LogP contribution in [0.4, 0.5) is 4.79 Å². The Morgan fingerprint density at radius 2 is 1.65 bits per heavy atom. The molecule has 0 aliphatic carbocycles. The van der Waals surface area contributed by atoms with E-state index in [2.05, 4.69) is 0 Å². The Labute approximate surface area is 189 Å². The predicted molar refractivity (Wildman–Crippen MR) is 124 cm³/mol. The van der Waals surface area contributed by atoms with E-state index in [1.165, 1.54) is 0 Å². The molecule has 1 aromatic carbocycles. The summed E-state index contributed by atoms with van der Waals surface area (Å²) in [5, 5.41) is 10.4. The molecule has 0 unspecified atom stereocenters. The number of nitrogens with zero attached hydrogens (tertiary/aromatic N) is 1. The summed E-state index contributed by atoms with van der Waals surface area (Å²) >= 11 is 0.802. The Morgan fingerprint density at radius 3 is 2.10 bits per heavy atom. The van der Waals surface area contributed by atoms with E-state index in [0.717, 1.165) is 33.4 Å².